The Kier molecular flexibility index (Phi) is 7.73. The van der Waals surface area contributed by atoms with Crippen molar-refractivity contribution in [2.75, 3.05) is 50.6 Å². The van der Waals surface area contributed by atoms with Crippen molar-refractivity contribution < 1.29 is 9.53 Å². The Bertz CT molecular complexity index is 1880. The molecule has 0 radical (unpaired) electrons. The van der Waals surface area contributed by atoms with Crippen molar-refractivity contribution in [2.24, 2.45) is 7.05 Å². The molecule has 4 heterocycles. The lowest BCUT2D eigenvalue weighted by Gasteiger charge is -2.34. The molecule has 44 heavy (non-hydrogen) atoms. The first kappa shape index (κ1) is 29.2. The lowest BCUT2D eigenvalue weighted by Crippen LogP contribution is -2.44. The fourth-order valence-electron chi connectivity index (χ4n) is 6.11. The minimum absolute atomic E-state index is 0.280. The molecule has 2 aromatic carbocycles. The number of likely N-dealkylation sites (N-methyl/N-ethyl adjacent to an activating group) is 1. The molecular formula is C35H39N7O2. The van der Waals surface area contributed by atoms with Gasteiger partial charge in [-0.1, -0.05) is 18.7 Å². The van der Waals surface area contributed by atoms with Crippen LogP contribution in [0.2, 0.25) is 0 Å². The van der Waals surface area contributed by atoms with E-state index in [9.17, 15) is 4.79 Å². The van der Waals surface area contributed by atoms with Crippen LogP contribution >= 0.6 is 0 Å². The average Bonchev–Trinajstić information content (AvgIpc) is 3.59. The number of nitrogens with zero attached hydrogens (tertiary/aromatic N) is 5. The fourth-order valence-corrected chi connectivity index (χ4v) is 6.11. The Hall–Kier alpha value is -4.89. The number of benzene rings is 2. The van der Waals surface area contributed by atoms with E-state index in [1.54, 1.807) is 7.11 Å². The van der Waals surface area contributed by atoms with Crippen LogP contribution in [0.1, 0.15) is 16.8 Å². The van der Waals surface area contributed by atoms with Crippen molar-refractivity contribution in [2.45, 2.75) is 20.8 Å². The van der Waals surface area contributed by atoms with Crippen LogP contribution in [-0.2, 0) is 11.8 Å². The summed E-state index contributed by atoms with van der Waals surface area (Å²) in [5, 5.41) is 8.47. The van der Waals surface area contributed by atoms with Gasteiger partial charge >= 0.3 is 0 Å². The number of methoxy groups -OCH3 is 1. The number of H-pyrrole nitrogens is 1. The molecule has 0 aliphatic carbocycles. The number of nitrogens with one attached hydrogen (secondary N) is 2. The van der Waals surface area contributed by atoms with E-state index in [-0.39, 0.29) is 5.91 Å². The molecule has 2 N–H and O–H groups in total. The summed E-state index contributed by atoms with van der Waals surface area (Å²) in [6.07, 6.45) is 5.09. The number of fused-ring (bicyclic) bond motifs is 1. The third-order valence-electron chi connectivity index (χ3n) is 8.94. The zero-order valence-corrected chi connectivity index (χ0v) is 26.3. The normalized spacial score (nSPS) is 13.8. The van der Waals surface area contributed by atoms with E-state index in [0.29, 0.717) is 11.4 Å². The number of hydrogen-bond acceptors (Lipinski definition) is 6. The predicted molar refractivity (Wildman–Crippen MR) is 178 cm³/mol. The summed E-state index contributed by atoms with van der Waals surface area (Å²) in [7, 11) is 5.77. The summed E-state index contributed by atoms with van der Waals surface area (Å²) < 4.78 is 7.69. The molecule has 1 aliphatic rings. The molecule has 0 bridgehead atoms. The van der Waals surface area contributed by atoms with Crippen molar-refractivity contribution in [3.05, 3.63) is 78.3 Å². The molecule has 0 spiro atoms. The smallest absolute Gasteiger partial charge is 0.247 e. The zero-order valence-electron chi connectivity index (χ0n) is 26.3. The summed E-state index contributed by atoms with van der Waals surface area (Å²) in [6.45, 7) is 13.9. The van der Waals surface area contributed by atoms with Gasteiger partial charge in [0.2, 0.25) is 5.91 Å². The van der Waals surface area contributed by atoms with Crippen molar-refractivity contribution in [1.82, 2.24) is 24.6 Å². The van der Waals surface area contributed by atoms with Crippen LogP contribution in [0.5, 0.6) is 5.75 Å². The Labute approximate surface area is 258 Å². The van der Waals surface area contributed by atoms with Gasteiger partial charge in [0.05, 0.1) is 19.0 Å². The maximum absolute atomic E-state index is 12.4. The molecule has 1 amide bonds. The molecule has 0 atom stereocenters. The van der Waals surface area contributed by atoms with Crippen LogP contribution in [0.3, 0.4) is 0 Å². The summed E-state index contributed by atoms with van der Waals surface area (Å²) in [5.74, 6) is 0.399. The van der Waals surface area contributed by atoms with E-state index in [1.165, 1.54) is 11.8 Å². The highest BCUT2D eigenvalue weighted by atomic mass is 16.5. The molecule has 226 valence electrons. The van der Waals surface area contributed by atoms with Crippen LogP contribution < -0.4 is 15.0 Å². The van der Waals surface area contributed by atoms with Gasteiger partial charge in [-0.25, -0.2) is 4.98 Å². The number of pyridine rings is 1. The second-order valence-electron chi connectivity index (χ2n) is 11.5. The Morgan fingerprint density at radius 1 is 0.977 bits per heavy atom. The van der Waals surface area contributed by atoms with Gasteiger partial charge in [0.25, 0.3) is 0 Å². The summed E-state index contributed by atoms with van der Waals surface area (Å²) in [5.41, 5.74) is 11.6. The van der Waals surface area contributed by atoms with E-state index in [4.69, 9.17) is 9.72 Å². The van der Waals surface area contributed by atoms with E-state index in [1.807, 2.05) is 43.2 Å². The standard InChI is InChI=1S/C35H39N7O2/c1-8-31(43)38-29-17-25(18-30(44-7)22(29)3)33-32-21(2)27(28-20-37-41(6)23(28)4)19-36-35(32)39-34(33)24-9-11-26(12-10-24)42-15-13-40(5)14-16-42/h8-12,17-20H,1,13-16H2,2-7H3,(H,36,39)(H,38,43). The topological polar surface area (TPSA) is 91.3 Å². The maximum Gasteiger partial charge on any atom is 0.247 e. The van der Waals surface area contributed by atoms with Crippen LogP contribution in [0.15, 0.2) is 61.4 Å². The Morgan fingerprint density at radius 2 is 1.70 bits per heavy atom. The molecule has 0 unspecified atom stereocenters. The van der Waals surface area contributed by atoms with Gasteiger partial charge in [0.1, 0.15) is 11.4 Å². The molecule has 5 aromatic rings. The monoisotopic (exact) mass is 589 g/mol. The number of aromatic amines is 1. The number of aromatic nitrogens is 4. The number of anilines is 2. The molecule has 0 saturated carbocycles. The molecule has 1 fully saturated rings. The molecule has 9 heteroatoms. The number of aryl methyl sites for hydroxylation is 2. The lowest BCUT2D eigenvalue weighted by atomic mass is 9.92. The third kappa shape index (κ3) is 5.13. The summed E-state index contributed by atoms with van der Waals surface area (Å²) >= 11 is 0. The highest BCUT2D eigenvalue weighted by molar-refractivity contribution is 6.07. The number of carbonyl (C=O) groups is 1. The zero-order chi connectivity index (χ0) is 31.1. The van der Waals surface area contributed by atoms with Gasteiger partial charge in [0.15, 0.2) is 0 Å². The second kappa shape index (κ2) is 11.7. The molecular weight excluding hydrogens is 550 g/mol. The summed E-state index contributed by atoms with van der Waals surface area (Å²) in [4.78, 5) is 25.8. The SMILES string of the molecule is C=CC(=O)Nc1cc(-c2c(-c3ccc(N4CCN(C)CC4)cc3)[nH]c3ncc(-c4cnn(C)c4C)c(C)c23)cc(OC)c1C. The Morgan fingerprint density at radius 3 is 2.34 bits per heavy atom. The molecule has 9 nitrogen and oxygen atoms in total. The number of amides is 1. The van der Waals surface area contributed by atoms with Gasteiger partial charge in [0, 0.05) is 84.1 Å². The largest absolute Gasteiger partial charge is 0.496 e. The first-order chi connectivity index (χ1) is 21.2. The second-order valence-corrected chi connectivity index (χ2v) is 11.5. The molecule has 1 aliphatic heterocycles. The number of piperazine rings is 1. The van der Waals surface area contributed by atoms with Crippen LogP contribution in [0.4, 0.5) is 11.4 Å². The quantitative estimate of drug-likeness (QED) is 0.223. The van der Waals surface area contributed by atoms with Crippen LogP contribution in [-0.4, -0.2) is 70.9 Å². The van der Waals surface area contributed by atoms with Crippen LogP contribution in [0.25, 0.3) is 44.5 Å². The molecule has 6 rings (SSSR count). The highest BCUT2D eigenvalue weighted by Crippen LogP contribution is 2.44. The van der Waals surface area contributed by atoms with Crippen molar-refractivity contribution in [1.29, 1.82) is 0 Å². The van der Waals surface area contributed by atoms with E-state index >= 15 is 0 Å². The fraction of sp³-hybridized carbons (Fsp3) is 0.286. The van der Waals surface area contributed by atoms with Crippen LogP contribution in [0, 0.1) is 20.8 Å². The van der Waals surface area contributed by atoms with Gasteiger partial charge in [-0.15, -0.1) is 0 Å². The minimum Gasteiger partial charge on any atom is -0.496 e. The van der Waals surface area contributed by atoms with E-state index in [2.05, 4.69) is 76.9 Å². The van der Waals surface area contributed by atoms with Crippen molar-refractivity contribution >= 4 is 28.3 Å². The number of rotatable bonds is 7. The first-order valence-corrected chi connectivity index (χ1v) is 14.9. The summed E-state index contributed by atoms with van der Waals surface area (Å²) in [6, 6.07) is 12.8. The first-order valence-electron chi connectivity index (χ1n) is 14.9. The predicted octanol–water partition coefficient (Wildman–Crippen LogP) is 6.11. The maximum atomic E-state index is 12.4. The van der Waals surface area contributed by atoms with Gasteiger partial charge in [-0.05, 0) is 74.9 Å². The van der Waals surface area contributed by atoms with Crippen molar-refractivity contribution in [3.8, 4) is 39.3 Å². The molecule has 1 saturated heterocycles. The average molecular weight is 590 g/mol. The van der Waals surface area contributed by atoms with Crippen molar-refractivity contribution in [3.63, 3.8) is 0 Å². The highest BCUT2D eigenvalue weighted by Gasteiger charge is 2.23. The molecule has 3 aromatic heterocycles. The number of ether oxygens (including phenoxy) is 1. The van der Waals surface area contributed by atoms with Gasteiger partial charge in [-0.3, -0.25) is 9.48 Å². The van der Waals surface area contributed by atoms with Gasteiger partial charge < -0.3 is 24.8 Å². The van der Waals surface area contributed by atoms with E-state index in [0.717, 1.165) is 87.5 Å². The Balaban J connectivity index is 1.57. The third-order valence-corrected chi connectivity index (χ3v) is 8.94. The number of carbonyl (C=O) groups excluding carboxylic acids is 1. The minimum atomic E-state index is -0.280. The van der Waals surface area contributed by atoms with E-state index < -0.39 is 0 Å². The van der Waals surface area contributed by atoms with Gasteiger partial charge in [-0.2, -0.15) is 5.10 Å². The number of hydrogen-bond donors (Lipinski definition) is 2. The lowest BCUT2D eigenvalue weighted by molar-refractivity contribution is -0.111.